The van der Waals surface area contributed by atoms with E-state index in [4.69, 9.17) is 0 Å². The zero-order valence-electron chi connectivity index (χ0n) is 17.6. The standard InChI is InChI=1S/C22H32N4OS/c1-6-26(7-2)22(27)24-14-8-17-18-9-15(28-5)10-19-21(18)16(13(3)23-19)11-20(17)25(4)12-14/h9-10,14,17,20,23H,6-8,11-12H2,1-5H3,(H,24,27)/t14-,17?,20+/m0/s1. The number of piperidine rings is 1. The van der Waals surface area contributed by atoms with E-state index >= 15 is 0 Å². The fourth-order valence-corrected chi connectivity index (χ4v) is 5.73. The molecule has 0 radical (unpaired) electrons. The van der Waals surface area contributed by atoms with Gasteiger partial charge in [0.2, 0.25) is 0 Å². The number of likely N-dealkylation sites (N-methyl/N-ethyl adjacent to an activating group) is 1. The van der Waals surface area contributed by atoms with E-state index in [9.17, 15) is 4.79 Å². The van der Waals surface area contributed by atoms with Gasteiger partial charge in [0.15, 0.2) is 0 Å². The second-order valence-electron chi connectivity index (χ2n) is 8.24. The molecule has 3 atom stereocenters. The Hall–Kier alpha value is -1.66. The quantitative estimate of drug-likeness (QED) is 0.764. The van der Waals surface area contributed by atoms with Gasteiger partial charge in [0.25, 0.3) is 0 Å². The predicted octanol–water partition coefficient (Wildman–Crippen LogP) is 3.96. The zero-order chi connectivity index (χ0) is 20.0. The highest BCUT2D eigenvalue weighted by Crippen LogP contribution is 2.45. The zero-order valence-corrected chi connectivity index (χ0v) is 18.4. The molecule has 2 aromatic rings. The number of fused-ring (bicyclic) bond motifs is 2. The van der Waals surface area contributed by atoms with E-state index in [1.54, 1.807) is 11.8 Å². The Bertz CT molecular complexity index is 888. The molecule has 6 heteroatoms. The van der Waals surface area contributed by atoms with E-state index in [0.717, 1.165) is 32.5 Å². The maximum absolute atomic E-state index is 12.6. The Balaban J connectivity index is 1.68. The van der Waals surface area contributed by atoms with Crippen LogP contribution in [0.5, 0.6) is 0 Å². The molecule has 2 aliphatic rings. The van der Waals surface area contributed by atoms with Gasteiger partial charge in [-0.15, -0.1) is 11.8 Å². The number of aromatic amines is 1. The molecule has 1 aromatic heterocycles. The van der Waals surface area contributed by atoms with E-state index in [1.165, 1.54) is 32.6 Å². The van der Waals surface area contributed by atoms with E-state index in [-0.39, 0.29) is 12.1 Å². The first-order chi connectivity index (χ1) is 13.5. The lowest BCUT2D eigenvalue weighted by Gasteiger charge is -2.46. The van der Waals surface area contributed by atoms with Crippen molar-refractivity contribution in [2.75, 3.05) is 32.9 Å². The number of benzene rings is 1. The number of nitrogens with zero attached hydrogens (tertiary/aromatic N) is 2. The van der Waals surface area contributed by atoms with Crippen LogP contribution < -0.4 is 5.32 Å². The maximum atomic E-state index is 12.6. The van der Waals surface area contributed by atoms with Gasteiger partial charge in [0.05, 0.1) is 0 Å². The molecule has 28 heavy (non-hydrogen) atoms. The number of aromatic nitrogens is 1. The smallest absolute Gasteiger partial charge is 0.317 e. The first-order valence-electron chi connectivity index (χ1n) is 10.4. The van der Waals surface area contributed by atoms with Crippen LogP contribution in [0.25, 0.3) is 10.9 Å². The van der Waals surface area contributed by atoms with E-state index < -0.39 is 0 Å². The number of urea groups is 1. The summed E-state index contributed by atoms with van der Waals surface area (Å²) < 4.78 is 0. The minimum absolute atomic E-state index is 0.0684. The minimum atomic E-state index is 0.0684. The van der Waals surface area contributed by atoms with Crippen molar-refractivity contribution in [2.45, 2.75) is 56.5 Å². The molecule has 0 saturated carbocycles. The summed E-state index contributed by atoms with van der Waals surface area (Å²) in [6.07, 6.45) is 4.25. The molecule has 1 fully saturated rings. The van der Waals surface area contributed by atoms with Crippen LogP contribution in [0.4, 0.5) is 4.79 Å². The van der Waals surface area contributed by atoms with Crippen molar-refractivity contribution in [3.63, 3.8) is 0 Å². The van der Waals surface area contributed by atoms with E-state index in [1.807, 2.05) is 18.7 Å². The Morgan fingerprint density at radius 2 is 2.11 bits per heavy atom. The molecule has 1 saturated heterocycles. The highest BCUT2D eigenvalue weighted by Gasteiger charge is 2.40. The predicted molar refractivity (Wildman–Crippen MR) is 118 cm³/mol. The van der Waals surface area contributed by atoms with Gasteiger partial charge in [0.1, 0.15) is 0 Å². The van der Waals surface area contributed by atoms with Gasteiger partial charge in [0, 0.05) is 59.1 Å². The van der Waals surface area contributed by atoms with Crippen LogP contribution in [0.15, 0.2) is 17.0 Å². The lowest BCUT2D eigenvalue weighted by Crippen LogP contribution is -2.56. The number of thioether (sulfide) groups is 1. The lowest BCUT2D eigenvalue weighted by molar-refractivity contribution is 0.124. The lowest BCUT2D eigenvalue weighted by atomic mass is 9.73. The van der Waals surface area contributed by atoms with Gasteiger partial charge in [-0.1, -0.05) is 0 Å². The summed E-state index contributed by atoms with van der Waals surface area (Å²) in [6.45, 7) is 8.69. The number of H-pyrrole nitrogens is 1. The highest BCUT2D eigenvalue weighted by molar-refractivity contribution is 7.98. The number of rotatable bonds is 4. The molecule has 0 spiro atoms. The van der Waals surface area contributed by atoms with Crippen molar-refractivity contribution in [2.24, 2.45) is 0 Å². The van der Waals surface area contributed by atoms with Crippen LogP contribution in [0.1, 0.15) is 43.0 Å². The topological polar surface area (TPSA) is 51.4 Å². The molecule has 1 unspecified atom stereocenters. The van der Waals surface area contributed by atoms with Crippen LogP contribution in [0.3, 0.4) is 0 Å². The van der Waals surface area contributed by atoms with Crippen molar-refractivity contribution in [1.29, 1.82) is 0 Å². The van der Waals surface area contributed by atoms with Gasteiger partial charge >= 0.3 is 6.03 Å². The van der Waals surface area contributed by atoms with Crippen LogP contribution in [0.2, 0.25) is 0 Å². The Labute approximate surface area is 172 Å². The Kier molecular flexibility index (Phi) is 5.36. The summed E-state index contributed by atoms with van der Waals surface area (Å²) in [7, 11) is 2.22. The number of aryl methyl sites for hydroxylation is 1. The fraction of sp³-hybridized carbons (Fsp3) is 0.591. The molecule has 1 aliphatic carbocycles. The van der Waals surface area contributed by atoms with Crippen molar-refractivity contribution in [3.8, 4) is 0 Å². The first-order valence-corrected chi connectivity index (χ1v) is 11.6. The molecule has 5 nitrogen and oxygen atoms in total. The molecular formula is C22H32N4OS. The summed E-state index contributed by atoms with van der Waals surface area (Å²) in [5.41, 5.74) is 5.52. The molecule has 0 bridgehead atoms. The largest absolute Gasteiger partial charge is 0.358 e. The molecule has 1 aromatic carbocycles. The number of carbonyl (C=O) groups excluding carboxylic acids is 1. The fourth-order valence-electron chi connectivity index (χ4n) is 5.25. The Morgan fingerprint density at radius 3 is 2.79 bits per heavy atom. The molecule has 152 valence electrons. The monoisotopic (exact) mass is 400 g/mol. The third kappa shape index (κ3) is 3.20. The second-order valence-corrected chi connectivity index (χ2v) is 9.12. The van der Waals surface area contributed by atoms with Crippen LogP contribution in [-0.2, 0) is 6.42 Å². The van der Waals surface area contributed by atoms with Gasteiger partial charge in [-0.3, -0.25) is 0 Å². The van der Waals surface area contributed by atoms with Crippen LogP contribution in [0, 0.1) is 6.92 Å². The number of amides is 2. The summed E-state index contributed by atoms with van der Waals surface area (Å²) in [4.78, 5) is 21.9. The summed E-state index contributed by atoms with van der Waals surface area (Å²) in [6, 6.07) is 5.44. The molecule has 2 N–H and O–H groups in total. The van der Waals surface area contributed by atoms with Gasteiger partial charge in [-0.05, 0) is 70.2 Å². The number of nitrogens with one attached hydrogen (secondary N) is 2. The number of hydrogen-bond acceptors (Lipinski definition) is 3. The van der Waals surface area contributed by atoms with Crippen molar-refractivity contribution in [3.05, 3.63) is 29.0 Å². The summed E-state index contributed by atoms with van der Waals surface area (Å²) >= 11 is 1.80. The first kappa shape index (κ1) is 19.6. The molecule has 1 aliphatic heterocycles. The van der Waals surface area contributed by atoms with Crippen LogP contribution >= 0.6 is 11.8 Å². The third-order valence-corrected chi connectivity index (χ3v) is 7.43. The van der Waals surface area contributed by atoms with Gasteiger partial charge in [-0.25, -0.2) is 4.79 Å². The average molecular weight is 401 g/mol. The average Bonchev–Trinajstić information content (AvgIpc) is 2.99. The van der Waals surface area contributed by atoms with Crippen LogP contribution in [-0.4, -0.2) is 65.8 Å². The third-order valence-electron chi connectivity index (χ3n) is 6.72. The van der Waals surface area contributed by atoms with Crippen molar-refractivity contribution < 1.29 is 4.79 Å². The van der Waals surface area contributed by atoms with E-state index in [2.05, 4.69) is 47.6 Å². The summed E-state index contributed by atoms with van der Waals surface area (Å²) in [5.74, 6) is 0.457. The number of likely N-dealkylation sites (tertiary alicyclic amines) is 1. The highest BCUT2D eigenvalue weighted by atomic mass is 32.2. The van der Waals surface area contributed by atoms with Gasteiger partial charge in [-0.2, -0.15) is 0 Å². The number of carbonyl (C=O) groups is 1. The van der Waals surface area contributed by atoms with Crippen molar-refractivity contribution in [1.82, 2.24) is 20.1 Å². The SMILES string of the molecule is CCN(CC)C(=O)N[C@H]1CC2c3cc(SC)cc4[nH]c(C)c(c34)C[C@H]2N(C)C1. The second kappa shape index (κ2) is 7.64. The molecule has 2 heterocycles. The van der Waals surface area contributed by atoms with Gasteiger partial charge < -0.3 is 20.1 Å². The van der Waals surface area contributed by atoms with Crippen molar-refractivity contribution >= 4 is 28.7 Å². The number of hydrogen-bond donors (Lipinski definition) is 2. The Morgan fingerprint density at radius 1 is 1.36 bits per heavy atom. The van der Waals surface area contributed by atoms with E-state index in [0.29, 0.717) is 12.0 Å². The normalized spacial score (nSPS) is 24.2. The summed E-state index contributed by atoms with van der Waals surface area (Å²) in [5, 5.41) is 4.74. The molecular weight excluding hydrogens is 368 g/mol. The molecule has 4 rings (SSSR count). The maximum Gasteiger partial charge on any atom is 0.317 e. The minimum Gasteiger partial charge on any atom is -0.358 e. The molecule has 2 amide bonds.